The van der Waals surface area contributed by atoms with Crippen LogP contribution in [0.1, 0.15) is 11.3 Å². The van der Waals surface area contributed by atoms with E-state index in [0.717, 1.165) is 5.69 Å². The van der Waals surface area contributed by atoms with Gasteiger partial charge in [-0.15, -0.1) is 24.0 Å². The lowest BCUT2D eigenvalue weighted by Crippen LogP contribution is -2.07. The molecular weight excluding hydrogens is 383 g/mol. The van der Waals surface area contributed by atoms with Crippen molar-refractivity contribution in [1.82, 2.24) is 4.98 Å². The summed E-state index contributed by atoms with van der Waals surface area (Å²) in [6.07, 6.45) is 6.04. The maximum atomic E-state index is 4.47. The van der Waals surface area contributed by atoms with Crippen LogP contribution in [0.4, 0.5) is 5.69 Å². The maximum Gasteiger partial charge on any atom is 0.0708 e. The van der Waals surface area contributed by atoms with Crippen LogP contribution < -0.4 is 4.90 Å². The summed E-state index contributed by atoms with van der Waals surface area (Å²) in [6, 6.07) is 18.8. The normalized spacial score (nSPS) is 10.6. The van der Waals surface area contributed by atoms with Gasteiger partial charge in [0.05, 0.1) is 5.69 Å². The van der Waals surface area contributed by atoms with E-state index in [9.17, 15) is 0 Å². The maximum absolute atomic E-state index is 4.47. The second kappa shape index (κ2) is 7.40. The van der Waals surface area contributed by atoms with Crippen LogP contribution in [0.3, 0.4) is 0 Å². The van der Waals surface area contributed by atoms with Gasteiger partial charge in [0.25, 0.3) is 0 Å². The van der Waals surface area contributed by atoms with Gasteiger partial charge in [0.2, 0.25) is 0 Å². The van der Waals surface area contributed by atoms with E-state index < -0.39 is 0 Å². The van der Waals surface area contributed by atoms with E-state index >= 15 is 0 Å². The minimum Gasteiger partial charge on any atom is -0.378 e. The molecule has 2 nitrogen and oxygen atoms in total. The van der Waals surface area contributed by atoms with Crippen LogP contribution in [0, 0.1) is 0 Å². The van der Waals surface area contributed by atoms with Crippen molar-refractivity contribution in [3.05, 3.63) is 72.1 Å². The Labute approximate surface area is 148 Å². The number of halogens is 1. The molecule has 0 amide bonds. The van der Waals surface area contributed by atoms with E-state index in [0.29, 0.717) is 0 Å². The van der Waals surface area contributed by atoms with Crippen molar-refractivity contribution < 1.29 is 0 Å². The molecule has 0 saturated heterocycles. The predicted molar refractivity (Wildman–Crippen MR) is 107 cm³/mol. The van der Waals surface area contributed by atoms with Gasteiger partial charge in [0.15, 0.2) is 0 Å². The van der Waals surface area contributed by atoms with Gasteiger partial charge in [-0.25, -0.2) is 0 Å². The summed E-state index contributed by atoms with van der Waals surface area (Å²) in [5.41, 5.74) is 3.38. The minimum absolute atomic E-state index is 0. The quantitative estimate of drug-likeness (QED) is 0.568. The third kappa shape index (κ3) is 3.65. The van der Waals surface area contributed by atoms with Crippen molar-refractivity contribution in [2.45, 2.75) is 0 Å². The molecular formula is C19H19IN2. The van der Waals surface area contributed by atoms with E-state index in [1.807, 2.05) is 32.4 Å². The van der Waals surface area contributed by atoms with Crippen LogP contribution >= 0.6 is 24.0 Å². The Bertz CT molecular complexity index is 772. The smallest absolute Gasteiger partial charge is 0.0708 e. The highest BCUT2D eigenvalue weighted by atomic mass is 127. The fourth-order valence-corrected chi connectivity index (χ4v) is 2.33. The van der Waals surface area contributed by atoms with Gasteiger partial charge in [0.1, 0.15) is 0 Å². The highest BCUT2D eigenvalue weighted by Gasteiger charge is 1.98. The molecule has 2 aromatic carbocycles. The van der Waals surface area contributed by atoms with Crippen LogP contribution in [0.25, 0.3) is 22.9 Å². The molecule has 0 unspecified atom stereocenters. The largest absolute Gasteiger partial charge is 0.378 e. The molecule has 0 N–H and O–H groups in total. The zero-order valence-electron chi connectivity index (χ0n) is 12.7. The lowest BCUT2D eigenvalue weighted by Gasteiger charge is -2.11. The average molecular weight is 402 g/mol. The van der Waals surface area contributed by atoms with E-state index in [2.05, 4.69) is 64.5 Å². The number of benzene rings is 2. The molecule has 0 aliphatic carbocycles. The molecule has 3 rings (SSSR count). The molecule has 0 radical (unpaired) electrons. The van der Waals surface area contributed by atoms with Crippen molar-refractivity contribution in [2.75, 3.05) is 19.0 Å². The number of nitrogens with zero attached hydrogens (tertiary/aromatic N) is 2. The Kier molecular flexibility index (Phi) is 5.55. The van der Waals surface area contributed by atoms with Crippen molar-refractivity contribution in [1.29, 1.82) is 0 Å². The Morgan fingerprint density at radius 1 is 0.864 bits per heavy atom. The number of anilines is 1. The summed E-state index contributed by atoms with van der Waals surface area (Å²) in [5, 5.41) is 2.40. The van der Waals surface area contributed by atoms with E-state index in [1.54, 1.807) is 0 Å². The highest BCUT2D eigenvalue weighted by Crippen LogP contribution is 2.19. The third-order valence-corrected chi connectivity index (χ3v) is 3.55. The molecule has 22 heavy (non-hydrogen) atoms. The lowest BCUT2D eigenvalue weighted by atomic mass is 10.1. The Morgan fingerprint density at radius 3 is 2.32 bits per heavy atom. The summed E-state index contributed by atoms with van der Waals surface area (Å²) < 4.78 is 0. The summed E-state index contributed by atoms with van der Waals surface area (Å²) in [6.45, 7) is 0. The fourth-order valence-electron chi connectivity index (χ4n) is 2.33. The van der Waals surface area contributed by atoms with Gasteiger partial charge < -0.3 is 4.90 Å². The number of pyridine rings is 1. The van der Waals surface area contributed by atoms with Crippen LogP contribution in [0.15, 0.2) is 60.8 Å². The highest BCUT2D eigenvalue weighted by molar-refractivity contribution is 14.0. The number of aromatic nitrogens is 1. The van der Waals surface area contributed by atoms with Gasteiger partial charge in [-0.2, -0.15) is 0 Å². The summed E-state index contributed by atoms with van der Waals surface area (Å²) in [4.78, 5) is 6.57. The second-order valence-corrected chi connectivity index (χ2v) is 5.24. The number of hydrogen-bond acceptors (Lipinski definition) is 2. The van der Waals surface area contributed by atoms with Gasteiger partial charge in [-0.05, 0) is 35.2 Å². The Hall–Kier alpha value is -1.88. The summed E-state index contributed by atoms with van der Waals surface area (Å²) in [7, 11) is 4.09. The third-order valence-electron chi connectivity index (χ3n) is 3.55. The molecule has 0 saturated carbocycles. The molecule has 0 spiro atoms. The number of fused-ring (bicyclic) bond motifs is 1. The first kappa shape index (κ1) is 16.5. The predicted octanol–water partition coefficient (Wildman–Crippen LogP) is 5.09. The Morgan fingerprint density at radius 2 is 1.59 bits per heavy atom. The first-order valence-electron chi connectivity index (χ1n) is 7.03. The van der Waals surface area contributed by atoms with E-state index in [1.165, 1.54) is 22.0 Å². The summed E-state index contributed by atoms with van der Waals surface area (Å²) in [5.74, 6) is 0. The van der Waals surface area contributed by atoms with Gasteiger partial charge in [-0.1, -0.05) is 42.5 Å². The molecule has 0 bridgehead atoms. The standard InChI is InChI=1S/C19H18N2.HI/c1-21(2)17-10-7-15(8-11-17)9-12-19-18-6-4-3-5-16(18)13-14-20-19;/h3-14H,1-2H3;1H/b12-9+;. The van der Waals surface area contributed by atoms with E-state index in [4.69, 9.17) is 0 Å². The molecule has 0 fully saturated rings. The molecule has 0 atom stereocenters. The topological polar surface area (TPSA) is 16.1 Å². The van der Waals surface area contributed by atoms with Crippen molar-refractivity contribution in [3.63, 3.8) is 0 Å². The molecule has 1 aromatic heterocycles. The fraction of sp³-hybridized carbons (Fsp3) is 0.105. The second-order valence-electron chi connectivity index (χ2n) is 5.24. The molecule has 0 aliphatic heterocycles. The molecule has 3 aromatic rings. The molecule has 112 valence electrons. The zero-order valence-corrected chi connectivity index (χ0v) is 15.1. The summed E-state index contributed by atoms with van der Waals surface area (Å²) >= 11 is 0. The zero-order chi connectivity index (χ0) is 14.7. The van der Waals surface area contributed by atoms with Crippen LogP contribution in [-0.2, 0) is 0 Å². The molecule has 3 heteroatoms. The average Bonchev–Trinajstić information content (AvgIpc) is 2.53. The van der Waals surface area contributed by atoms with Crippen molar-refractivity contribution >= 4 is 52.6 Å². The minimum atomic E-state index is 0. The van der Waals surface area contributed by atoms with Crippen molar-refractivity contribution in [2.24, 2.45) is 0 Å². The monoisotopic (exact) mass is 402 g/mol. The molecule has 0 aliphatic rings. The van der Waals surface area contributed by atoms with Gasteiger partial charge >= 0.3 is 0 Å². The SMILES string of the molecule is CN(C)c1ccc(/C=C/c2nccc3ccccc23)cc1.I. The molecule has 1 heterocycles. The van der Waals surface area contributed by atoms with Crippen LogP contribution in [0.5, 0.6) is 0 Å². The number of rotatable bonds is 3. The van der Waals surface area contributed by atoms with E-state index in [-0.39, 0.29) is 24.0 Å². The first-order valence-corrected chi connectivity index (χ1v) is 7.03. The number of hydrogen-bond donors (Lipinski definition) is 0. The van der Waals surface area contributed by atoms with Crippen LogP contribution in [0.2, 0.25) is 0 Å². The lowest BCUT2D eigenvalue weighted by molar-refractivity contribution is 1.13. The Balaban J connectivity index is 0.00000176. The first-order chi connectivity index (χ1) is 10.2. The van der Waals surface area contributed by atoms with Crippen molar-refractivity contribution in [3.8, 4) is 0 Å². The van der Waals surface area contributed by atoms with Gasteiger partial charge in [0, 0.05) is 31.4 Å². The van der Waals surface area contributed by atoms with Gasteiger partial charge in [-0.3, -0.25) is 4.98 Å². The van der Waals surface area contributed by atoms with Crippen LogP contribution in [-0.4, -0.2) is 19.1 Å².